The highest BCUT2D eigenvalue weighted by Crippen LogP contribution is 2.50. The first-order valence-electron chi connectivity index (χ1n) is 12.8. The van der Waals surface area contributed by atoms with E-state index in [-0.39, 0.29) is 49.0 Å². The van der Waals surface area contributed by atoms with E-state index in [0.717, 1.165) is 4.68 Å². The van der Waals surface area contributed by atoms with Crippen molar-refractivity contribution in [2.24, 2.45) is 0 Å². The molecule has 2 aliphatic rings. The molecule has 0 aliphatic carbocycles. The fourth-order valence-electron chi connectivity index (χ4n) is 4.97. The summed E-state index contributed by atoms with van der Waals surface area (Å²) in [7, 11) is 0. The Balaban J connectivity index is 1.16. The molecule has 8 N–H and O–H groups in total. The SMILES string of the molecule is Nc1nc2c(nnn2[C@@H]2O[C@H](COP(O)(O)=S)C[C@H]2OP(O)(=S)OC[C@@H]2C[C@H](F)[C@@H](n3ccc4c(N)ncnc43)O2)c(=O)[nH]1. The summed E-state index contributed by atoms with van der Waals surface area (Å²) in [6, 6.07) is 1.65. The Labute approximate surface area is 255 Å². The maximum atomic E-state index is 15.1. The Morgan fingerprint density at radius 3 is 2.59 bits per heavy atom. The van der Waals surface area contributed by atoms with E-state index in [1.807, 2.05) is 0 Å². The molecule has 0 radical (unpaired) electrons. The maximum absolute atomic E-state index is 15.1. The van der Waals surface area contributed by atoms with Gasteiger partial charge in [-0.15, -0.1) is 5.10 Å². The molecular weight excluding hydrogens is 669 g/mol. The van der Waals surface area contributed by atoms with Crippen molar-refractivity contribution in [3.8, 4) is 0 Å². The van der Waals surface area contributed by atoms with Crippen molar-refractivity contribution in [1.82, 2.24) is 39.5 Å². The van der Waals surface area contributed by atoms with Gasteiger partial charge < -0.3 is 53.8 Å². The van der Waals surface area contributed by atoms with Crippen molar-refractivity contribution in [3.05, 3.63) is 28.9 Å². The summed E-state index contributed by atoms with van der Waals surface area (Å²) in [5, 5.41) is 8.27. The van der Waals surface area contributed by atoms with Crippen LogP contribution in [0, 0.1) is 0 Å². The summed E-state index contributed by atoms with van der Waals surface area (Å²) in [5.74, 6) is 0.0223. The molecule has 0 saturated carbocycles. The molecule has 0 spiro atoms. The fourth-order valence-corrected chi connectivity index (χ4v) is 6.97. The van der Waals surface area contributed by atoms with Gasteiger partial charge in [0.1, 0.15) is 30.1 Å². The first-order chi connectivity index (χ1) is 20.8. The van der Waals surface area contributed by atoms with Crippen LogP contribution < -0.4 is 17.0 Å². The van der Waals surface area contributed by atoms with Crippen molar-refractivity contribution in [3.63, 3.8) is 0 Å². The van der Waals surface area contributed by atoms with Crippen LogP contribution in [0.25, 0.3) is 22.2 Å². The normalized spacial score (nSPS) is 27.4. The summed E-state index contributed by atoms with van der Waals surface area (Å²) >= 11 is 9.73. The minimum Gasteiger partial charge on any atom is -0.383 e. The van der Waals surface area contributed by atoms with Crippen LogP contribution in [-0.2, 0) is 46.7 Å². The van der Waals surface area contributed by atoms with Gasteiger partial charge in [-0.25, -0.2) is 14.4 Å². The second-order valence-corrected chi connectivity index (χ2v) is 15.3. The first-order valence-corrected chi connectivity index (χ1v) is 18.0. The lowest BCUT2D eigenvalue weighted by atomic mass is 10.2. The molecule has 6 rings (SSSR count). The van der Waals surface area contributed by atoms with Gasteiger partial charge in [-0.05, 0) is 29.7 Å². The van der Waals surface area contributed by atoms with Gasteiger partial charge in [0.25, 0.3) is 5.56 Å². The van der Waals surface area contributed by atoms with Crippen molar-refractivity contribution >= 4 is 71.0 Å². The van der Waals surface area contributed by atoms with Crippen molar-refractivity contribution in [1.29, 1.82) is 0 Å². The number of fused-ring (bicyclic) bond motifs is 2. The molecule has 6 heterocycles. The minimum atomic E-state index is -4.06. The molecule has 238 valence electrons. The molecule has 2 fully saturated rings. The third-order valence-corrected chi connectivity index (χ3v) is 9.19. The number of H-pyrrole nitrogens is 1. The number of hydrogen-bond donors (Lipinski definition) is 6. The van der Waals surface area contributed by atoms with Gasteiger partial charge in [0, 0.05) is 19.0 Å². The van der Waals surface area contributed by atoms with E-state index in [4.69, 9.17) is 46.3 Å². The van der Waals surface area contributed by atoms with E-state index < -0.39 is 55.9 Å². The van der Waals surface area contributed by atoms with Crippen LogP contribution in [-0.4, -0.2) is 91.9 Å². The average molecular weight is 695 g/mol. The van der Waals surface area contributed by atoms with Gasteiger partial charge >= 0.3 is 13.4 Å². The van der Waals surface area contributed by atoms with Crippen LogP contribution >= 0.6 is 13.4 Å². The Morgan fingerprint density at radius 2 is 1.82 bits per heavy atom. The zero-order chi connectivity index (χ0) is 31.4. The smallest absolute Gasteiger partial charge is 0.325 e. The lowest BCUT2D eigenvalue weighted by Gasteiger charge is -2.24. The van der Waals surface area contributed by atoms with Crippen LogP contribution in [0.2, 0.25) is 0 Å². The highest BCUT2D eigenvalue weighted by molar-refractivity contribution is 8.07. The Bertz CT molecular complexity index is 1860. The quantitative estimate of drug-likeness (QED) is 0.118. The number of halogens is 1. The van der Waals surface area contributed by atoms with Crippen molar-refractivity contribution in [2.75, 3.05) is 24.7 Å². The van der Waals surface area contributed by atoms with E-state index in [9.17, 15) is 19.5 Å². The molecule has 19 nitrogen and oxygen atoms in total. The van der Waals surface area contributed by atoms with Gasteiger partial charge in [-0.1, -0.05) is 5.21 Å². The van der Waals surface area contributed by atoms with Crippen LogP contribution in [0.5, 0.6) is 0 Å². The van der Waals surface area contributed by atoms with Crippen LogP contribution in [0.4, 0.5) is 16.2 Å². The third-order valence-electron chi connectivity index (χ3n) is 6.80. The van der Waals surface area contributed by atoms with E-state index in [2.05, 4.69) is 42.1 Å². The molecule has 0 amide bonds. The van der Waals surface area contributed by atoms with Gasteiger partial charge in [0.2, 0.25) is 5.95 Å². The Hall–Kier alpha value is -2.59. The predicted octanol–water partition coefficient (Wildman–Crippen LogP) is -0.119. The number of hydrogen-bond acceptors (Lipinski definition) is 15. The number of anilines is 2. The second-order valence-electron chi connectivity index (χ2n) is 9.86. The fraction of sp³-hybridized carbons (Fsp3) is 0.500. The number of rotatable bonds is 10. The summed E-state index contributed by atoms with van der Waals surface area (Å²) in [5.41, 5.74) is 11.1. The van der Waals surface area contributed by atoms with Crippen LogP contribution in [0.1, 0.15) is 25.3 Å². The zero-order valence-corrected chi connectivity index (χ0v) is 25.6. The second kappa shape index (κ2) is 12.0. The van der Waals surface area contributed by atoms with Gasteiger partial charge in [-0.2, -0.15) is 9.67 Å². The highest BCUT2D eigenvalue weighted by Gasteiger charge is 2.44. The largest absolute Gasteiger partial charge is 0.383 e. The average Bonchev–Trinajstić information content (AvgIpc) is 3.71. The standard InChI is InChI=1S/C20H25FN10O9P2S2/c21-11-3-8(38-18(11)30-2-1-10-14(22)24-7-25-15(10)30)6-37-42(35,44)40-12-4-9(5-36-41(33,34)43)39-19(12)31-16-13(28-29-31)17(32)27-20(23)26-16/h1-2,7-9,11-12,18-19H,3-6H2,(H,35,44)(H2,22,24,25)(H2,33,34,43)(H3,23,26,27,32)/t8-,9-,11-,12+,18-,19+,42?/m0/s1. The first kappa shape index (κ1) is 31.4. The molecule has 0 bridgehead atoms. The maximum Gasteiger partial charge on any atom is 0.325 e. The van der Waals surface area contributed by atoms with E-state index >= 15 is 4.39 Å². The van der Waals surface area contributed by atoms with Crippen LogP contribution in [0.3, 0.4) is 0 Å². The highest BCUT2D eigenvalue weighted by atomic mass is 32.5. The van der Waals surface area contributed by atoms with E-state index in [1.54, 1.807) is 12.3 Å². The third kappa shape index (κ3) is 6.52. The van der Waals surface area contributed by atoms with Gasteiger partial charge in [0.05, 0.1) is 30.8 Å². The van der Waals surface area contributed by atoms with E-state index in [0.29, 0.717) is 11.0 Å². The van der Waals surface area contributed by atoms with Gasteiger partial charge in [0.15, 0.2) is 23.6 Å². The number of nitrogen functional groups attached to an aromatic ring is 2. The van der Waals surface area contributed by atoms with Crippen molar-refractivity contribution in [2.45, 2.75) is 49.8 Å². The number of ether oxygens (including phenoxy) is 2. The molecule has 24 heteroatoms. The summed E-state index contributed by atoms with van der Waals surface area (Å²) in [6.07, 6.45) is -3.69. The summed E-state index contributed by atoms with van der Waals surface area (Å²) in [4.78, 5) is 56.6. The Morgan fingerprint density at radius 1 is 1.09 bits per heavy atom. The van der Waals surface area contributed by atoms with E-state index in [1.165, 1.54) is 10.9 Å². The molecule has 2 saturated heterocycles. The topological polar surface area (TPSA) is 266 Å². The zero-order valence-electron chi connectivity index (χ0n) is 22.2. The van der Waals surface area contributed by atoms with Gasteiger partial charge in [-0.3, -0.25) is 9.78 Å². The molecule has 0 aromatic carbocycles. The minimum absolute atomic E-state index is 0.0252. The lowest BCUT2D eigenvalue weighted by Crippen LogP contribution is -2.25. The molecule has 44 heavy (non-hydrogen) atoms. The molecular formula is C20H25FN10O9P2S2. The number of nitrogens with zero attached hydrogens (tertiary/aromatic N) is 7. The Kier molecular flexibility index (Phi) is 8.54. The number of aromatic nitrogens is 8. The summed E-state index contributed by atoms with van der Waals surface area (Å²) < 4.78 is 45.7. The lowest BCUT2D eigenvalue weighted by molar-refractivity contribution is -0.0551. The monoisotopic (exact) mass is 694 g/mol. The van der Waals surface area contributed by atoms with Crippen molar-refractivity contribution < 1.29 is 42.1 Å². The number of nitrogens with one attached hydrogen (secondary N) is 1. The predicted molar refractivity (Wildman–Crippen MR) is 156 cm³/mol. The number of nitrogens with two attached hydrogens (primary N) is 2. The molecule has 4 aromatic rings. The molecule has 7 atom stereocenters. The summed E-state index contributed by atoms with van der Waals surface area (Å²) in [6.45, 7) is -8.76. The number of alkyl halides is 1. The number of aromatic amines is 1. The molecule has 4 aromatic heterocycles. The molecule has 1 unspecified atom stereocenters. The molecule has 2 aliphatic heterocycles. The van der Waals surface area contributed by atoms with Crippen LogP contribution in [0.15, 0.2) is 23.4 Å².